The van der Waals surface area contributed by atoms with Gasteiger partial charge in [0.2, 0.25) is 5.91 Å². The average Bonchev–Trinajstić information content (AvgIpc) is 2.79. The minimum absolute atomic E-state index is 0.0954. The first kappa shape index (κ1) is 28.0. The Hall–Kier alpha value is -3.20. The van der Waals surface area contributed by atoms with Crippen LogP contribution >= 0.6 is 0 Å². The molecule has 0 radical (unpaired) electrons. The van der Waals surface area contributed by atoms with E-state index in [2.05, 4.69) is 10.5 Å². The van der Waals surface area contributed by atoms with E-state index in [0.717, 1.165) is 0 Å². The van der Waals surface area contributed by atoms with Crippen LogP contribution < -0.4 is 15.6 Å². The smallest absolute Gasteiger partial charge is 0.259 e. The van der Waals surface area contributed by atoms with Crippen LogP contribution in [-0.4, -0.2) is 40.5 Å². The zero-order chi connectivity index (χ0) is 26.3. The molecule has 2 N–H and O–H groups in total. The van der Waals surface area contributed by atoms with Gasteiger partial charge in [0.05, 0.1) is 24.5 Å². The minimum atomic E-state index is -1.08. The predicted molar refractivity (Wildman–Crippen MR) is 133 cm³/mol. The monoisotopic (exact) mass is 489 g/mol. The zero-order valence-corrected chi connectivity index (χ0v) is 21.5. The third kappa shape index (κ3) is 7.92. The highest BCUT2D eigenvalue weighted by atomic mass is 19.1. The molecule has 0 aliphatic rings. The molecule has 0 fully saturated rings. The molecular weight excluding hydrogens is 453 g/mol. The van der Waals surface area contributed by atoms with Crippen LogP contribution in [0.5, 0.6) is 5.75 Å². The highest BCUT2D eigenvalue weighted by Crippen LogP contribution is 2.28. The summed E-state index contributed by atoms with van der Waals surface area (Å²) < 4.78 is 20.6. The highest BCUT2D eigenvalue weighted by molar-refractivity contribution is 5.98. The Morgan fingerprint density at radius 2 is 1.89 bits per heavy atom. The SMILES string of the molecule is COc1ccc(F)cc1C(O)Cc1cc(/C(C)=N/OC(C)C)c(=O)n(C[C@H](C)NC(=O)C(C)C)c1. The zero-order valence-electron chi connectivity index (χ0n) is 21.5. The first-order chi connectivity index (χ1) is 16.4. The van der Waals surface area contributed by atoms with Gasteiger partial charge in [0.25, 0.3) is 5.56 Å². The maximum Gasteiger partial charge on any atom is 0.259 e. The van der Waals surface area contributed by atoms with Crippen molar-refractivity contribution in [3.63, 3.8) is 0 Å². The van der Waals surface area contributed by atoms with E-state index in [0.29, 0.717) is 28.2 Å². The van der Waals surface area contributed by atoms with Crippen LogP contribution in [0.2, 0.25) is 0 Å². The number of hydrogen-bond acceptors (Lipinski definition) is 6. The maximum absolute atomic E-state index is 13.8. The van der Waals surface area contributed by atoms with Crippen LogP contribution in [0.1, 0.15) is 64.3 Å². The van der Waals surface area contributed by atoms with Crippen molar-refractivity contribution < 1.29 is 23.9 Å². The number of aromatic nitrogens is 1. The highest BCUT2D eigenvalue weighted by Gasteiger charge is 2.19. The molecule has 0 aliphatic heterocycles. The summed E-state index contributed by atoms with van der Waals surface area (Å²) in [4.78, 5) is 30.7. The number of halogens is 1. The largest absolute Gasteiger partial charge is 0.496 e. The van der Waals surface area contributed by atoms with Gasteiger partial charge in [-0.2, -0.15) is 0 Å². The summed E-state index contributed by atoms with van der Waals surface area (Å²) in [6.45, 7) is 10.9. The second-order valence-electron chi connectivity index (χ2n) is 9.22. The number of amides is 1. The number of aliphatic hydroxyl groups is 1. The van der Waals surface area contributed by atoms with E-state index in [1.165, 1.54) is 29.9 Å². The van der Waals surface area contributed by atoms with E-state index in [4.69, 9.17) is 9.57 Å². The first-order valence-electron chi connectivity index (χ1n) is 11.7. The van der Waals surface area contributed by atoms with Crippen molar-refractivity contribution in [1.82, 2.24) is 9.88 Å². The number of oxime groups is 1. The third-order valence-electron chi connectivity index (χ3n) is 5.30. The normalized spacial score (nSPS) is 13.6. The van der Waals surface area contributed by atoms with Gasteiger partial charge in [-0.15, -0.1) is 0 Å². The summed E-state index contributed by atoms with van der Waals surface area (Å²) >= 11 is 0. The van der Waals surface area contributed by atoms with E-state index in [1.807, 2.05) is 20.8 Å². The van der Waals surface area contributed by atoms with Gasteiger partial charge < -0.3 is 24.6 Å². The van der Waals surface area contributed by atoms with E-state index >= 15 is 0 Å². The molecule has 1 amide bonds. The number of hydrogen-bond donors (Lipinski definition) is 2. The lowest BCUT2D eigenvalue weighted by Crippen LogP contribution is -2.40. The molecule has 0 saturated heterocycles. The van der Waals surface area contributed by atoms with E-state index in [9.17, 15) is 19.1 Å². The summed E-state index contributed by atoms with van der Waals surface area (Å²) in [5.74, 6) is -0.428. The summed E-state index contributed by atoms with van der Waals surface area (Å²) in [5, 5.41) is 17.8. The number of nitrogens with one attached hydrogen (secondary N) is 1. The number of aliphatic hydroxyl groups excluding tert-OH is 1. The van der Waals surface area contributed by atoms with Crippen molar-refractivity contribution in [2.45, 2.75) is 72.8 Å². The Kier molecular flexibility index (Phi) is 10.0. The van der Waals surface area contributed by atoms with Gasteiger partial charge >= 0.3 is 0 Å². The molecule has 1 aromatic heterocycles. The van der Waals surface area contributed by atoms with Crippen LogP contribution in [-0.2, 0) is 22.6 Å². The van der Waals surface area contributed by atoms with Crippen LogP contribution in [0.4, 0.5) is 4.39 Å². The molecule has 2 aromatic rings. The standard InChI is InChI=1S/C26H36FN3O5/c1-15(2)25(32)28-17(5)13-30-14-19(10-21(26(30)33)18(6)29-35-16(3)4)11-23(31)22-12-20(27)8-9-24(22)34-7/h8-10,12,14-17,23,31H,11,13H2,1-7H3,(H,28,32)/b29-18+/t17-,23?/m0/s1. The summed E-state index contributed by atoms with van der Waals surface area (Å²) in [6.07, 6.45) is 0.485. The van der Waals surface area contributed by atoms with Gasteiger partial charge in [-0.05, 0) is 57.5 Å². The van der Waals surface area contributed by atoms with Crippen LogP contribution in [0.15, 0.2) is 40.4 Å². The number of benzene rings is 1. The van der Waals surface area contributed by atoms with Gasteiger partial charge in [0.15, 0.2) is 0 Å². The molecule has 35 heavy (non-hydrogen) atoms. The Bertz CT molecular complexity index is 1110. The number of carbonyl (C=O) groups excluding carboxylic acids is 1. The Balaban J connectivity index is 2.46. The summed E-state index contributed by atoms with van der Waals surface area (Å²) in [6, 6.07) is 5.28. The molecule has 1 unspecified atom stereocenters. The number of nitrogens with zero attached hydrogens (tertiary/aromatic N) is 2. The van der Waals surface area contributed by atoms with Crippen molar-refractivity contribution >= 4 is 11.6 Å². The summed E-state index contributed by atoms with van der Waals surface area (Å²) in [7, 11) is 1.45. The van der Waals surface area contributed by atoms with Crippen molar-refractivity contribution in [2.75, 3.05) is 7.11 Å². The molecule has 9 heteroatoms. The Labute approximate surface area is 205 Å². The molecule has 0 spiro atoms. The molecule has 8 nitrogen and oxygen atoms in total. The fourth-order valence-corrected chi connectivity index (χ4v) is 3.49. The fourth-order valence-electron chi connectivity index (χ4n) is 3.49. The van der Waals surface area contributed by atoms with Gasteiger partial charge in [-0.1, -0.05) is 19.0 Å². The van der Waals surface area contributed by atoms with Gasteiger partial charge in [0.1, 0.15) is 17.7 Å². The van der Waals surface area contributed by atoms with Crippen LogP contribution in [0, 0.1) is 11.7 Å². The molecule has 0 bridgehead atoms. The Morgan fingerprint density at radius 3 is 2.49 bits per heavy atom. The van der Waals surface area contributed by atoms with E-state index in [-0.39, 0.29) is 42.5 Å². The van der Waals surface area contributed by atoms with Gasteiger partial charge in [-0.3, -0.25) is 9.59 Å². The number of carbonyl (C=O) groups is 1. The van der Waals surface area contributed by atoms with E-state index in [1.54, 1.807) is 33.0 Å². The van der Waals surface area contributed by atoms with Crippen molar-refractivity contribution in [2.24, 2.45) is 11.1 Å². The molecular formula is C26H36FN3O5. The number of rotatable bonds is 11. The van der Waals surface area contributed by atoms with Gasteiger partial charge in [0, 0.05) is 36.7 Å². The van der Waals surface area contributed by atoms with Crippen molar-refractivity contribution in [3.8, 4) is 5.75 Å². The number of ether oxygens (including phenoxy) is 1. The minimum Gasteiger partial charge on any atom is -0.496 e. The average molecular weight is 490 g/mol. The molecule has 0 aliphatic carbocycles. The molecule has 0 saturated carbocycles. The topological polar surface area (TPSA) is 102 Å². The maximum atomic E-state index is 13.8. The number of pyridine rings is 1. The molecule has 1 heterocycles. The Morgan fingerprint density at radius 1 is 1.20 bits per heavy atom. The summed E-state index contributed by atoms with van der Waals surface area (Å²) in [5.41, 5.74) is 1.32. The van der Waals surface area contributed by atoms with E-state index < -0.39 is 11.9 Å². The fraction of sp³-hybridized carbons (Fsp3) is 0.500. The molecule has 1 aromatic carbocycles. The van der Waals surface area contributed by atoms with Gasteiger partial charge in [-0.25, -0.2) is 4.39 Å². The lowest BCUT2D eigenvalue weighted by Gasteiger charge is -2.20. The van der Waals surface area contributed by atoms with Crippen LogP contribution in [0.3, 0.4) is 0 Å². The third-order valence-corrected chi connectivity index (χ3v) is 5.30. The number of methoxy groups -OCH3 is 1. The van der Waals surface area contributed by atoms with Crippen molar-refractivity contribution in [3.05, 3.63) is 63.3 Å². The van der Waals surface area contributed by atoms with Crippen molar-refractivity contribution in [1.29, 1.82) is 0 Å². The first-order valence-corrected chi connectivity index (χ1v) is 11.7. The lowest BCUT2D eigenvalue weighted by molar-refractivity contribution is -0.124. The molecule has 192 valence electrons. The predicted octanol–water partition coefficient (Wildman–Crippen LogP) is 3.58. The quantitative estimate of drug-likeness (QED) is 0.371. The van der Waals surface area contributed by atoms with Crippen LogP contribution in [0.25, 0.3) is 0 Å². The second-order valence-corrected chi connectivity index (χ2v) is 9.22. The molecule has 2 atom stereocenters. The molecule has 2 rings (SSSR count). The second kappa shape index (κ2) is 12.5. The lowest BCUT2D eigenvalue weighted by atomic mass is 9.99.